The number of carbonyl (C=O) groups is 3. The van der Waals surface area contributed by atoms with Gasteiger partial charge in [-0.3, -0.25) is 28.5 Å². The van der Waals surface area contributed by atoms with Gasteiger partial charge in [0.1, 0.15) is 21.8 Å². The fraction of sp³-hybridized carbons (Fsp3) is 0.440. The molecule has 2 saturated heterocycles. The average Bonchev–Trinajstić information content (AvgIpc) is 3.14. The molecule has 0 saturated carbocycles. The highest BCUT2D eigenvalue weighted by molar-refractivity contribution is 8.26. The minimum Gasteiger partial charge on any atom is -0.466 e. The fourth-order valence-corrected chi connectivity index (χ4v) is 5.76. The second-order valence-corrected chi connectivity index (χ2v) is 10.6. The molecule has 2 aliphatic rings. The van der Waals surface area contributed by atoms with Gasteiger partial charge in [-0.1, -0.05) is 37.0 Å². The number of hydrogen-bond donors (Lipinski definition) is 1. The van der Waals surface area contributed by atoms with Gasteiger partial charge >= 0.3 is 5.97 Å². The largest absolute Gasteiger partial charge is 0.466 e. The SMILES string of the molecule is CCOC(=O)C[C@@H]1C(=O)NCCN1c1nc2ccc(C)cn2c(=O)c1/C=C1\SC(=S)N([C@H](C)CC)C1=O. The summed E-state index contributed by atoms with van der Waals surface area (Å²) in [6.45, 7) is 8.25. The lowest BCUT2D eigenvalue weighted by molar-refractivity contribution is -0.145. The van der Waals surface area contributed by atoms with Crippen LogP contribution in [0.5, 0.6) is 0 Å². The first kappa shape index (κ1) is 26.8. The van der Waals surface area contributed by atoms with Gasteiger partial charge in [-0.15, -0.1) is 0 Å². The van der Waals surface area contributed by atoms with Gasteiger partial charge in [-0.2, -0.15) is 0 Å². The van der Waals surface area contributed by atoms with E-state index in [4.69, 9.17) is 21.9 Å². The summed E-state index contributed by atoms with van der Waals surface area (Å²) in [5.41, 5.74) is 1.00. The zero-order valence-corrected chi connectivity index (χ0v) is 22.8. The topological polar surface area (TPSA) is 113 Å². The van der Waals surface area contributed by atoms with E-state index >= 15 is 0 Å². The van der Waals surface area contributed by atoms with Gasteiger partial charge in [-0.25, -0.2) is 4.98 Å². The maximum absolute atomic E-state index is 13.8. The van der Waals surface area contributed by atoms with Crippen molar-refractivity contribution >= 4 is 63.6 Å². The number of nitrogens with one attached hydrogen (secondary N) is 1. The first-order valence-electron chi connectivity index (χ1n) is 12.2. The molecule has 0 aromatic carbocycles. The van der Waals surface area contributed by atoms with Crippen LogP contribution >= 0.6 is 24.0 Å². The van der Waals surface area contributed by atoms with E-state index in [1.807, 2.05) is 26.8 Å². The quantitative estimate of drug-likeness (QED) is 0.319. The van der Waals surface area contributed by atoms with Crippen LogP contribution in [-0.4, -0.2) is 68.2 Å². The van der Waals surface area contributed by atoms with E-state index in [9.17, 15) is 19.2 Å². The number of anilines is 1. The van der Waals surface area contributed by atoms with E-state index in [1.165, 1.54) is 10.5 Å². The number of carbonyl (C=O) groups excluding carboxylic acids is 3. The molecule has 4 heterocycles. The Morgan fingerprint density at radius 1 is 1.32 bits per heavy atom. The molecule has 0 aliphatic carbocycles. The van der Waals surface area contributed by atoms with E-state index in [2.05, 4.69) is 5.32 Å². The van der Waals surface area contributed by atoms with Crippen LogP contribution in [-0.2, 0) is 19.1 Å². The van der Waals surface area contributed by atoms with Crippen LogP contribution in [0.25, 0.3) is 11.7 Å². The highest BCUT2D eigenvalue weighted by atomic mass is 32.2. The van der Waals surface area contributed by atoms with Crippen LogP contribution in [0.1, 0.15) is 44.7 Å². The van der Waals surface area contributed by atoms with Crippen LogP contribution in [0.4, 0.5) is 5.82 Å². The Bertz CT molecular complexity index is 1370. The highest BCUT2D eigenvalue weighted by Crippen LogP contribution is 2.35. The van der Waals surface area contributed by atoms with E-state index in [-0.39, 0.29) is 42.3 Å². The summed E-state index contributed by atoms with van der Waals surface area (Å²) in [5.74, 6) is -0.937. The standard InChI is InChI=1S/C25H29N5O5S2/c1-5-15(4)30-24(34)18(37-25(30)36)11-16-21(27-19-8-7-14(3)13-29(19)23(16)33)28-10-9-26-22(32)17(28)12-20(31)35-6-2/h7-8,11,13,15,17H,5-6,9-10,12H2,1-4H3,(H,26,32)/b18-11-/t15-,17-/m1/s1. The number of aryl methyl sites for hydroxylation is 1. The minimum absolute atomic E-state index is 0.0869. The Kier molecular flexibility index (Phi) is 7.98. The van der Waals surface area contributed by atoms with Crippen molar-refractivity contribution < 1.29 is 19.1 Å². The zero-order valence-electron chi connectivity index (χ0n) is 21.1. The molecule has 196 valence electrons. The zero-order chi connectivity index (χ0) is 26.9. The van der Waals surface area contributed by atoms with Gasteiger partial charge in [0.2, 0.25) is 5.91 Å². The first-order valence-corrected chi connectivity index (χ1v) is 13.4. The van der Waals surface area contributed by atoms with Crippen LogP contribution in [0.3, 0.4) is 0 Å². The number of thioether (sulfide) groups is 1. The molecule has 0 spiro atoms. The number of rotatable bonds is 7. The fourth-order valence-electron chi connectivity index (χ4n) is 4.31. The van der Waals surface area contributed by atoms with Crippen molar-refractivity contribution in [3.05, 3.63) is 44.7 Å². The monoisotopic (exact) mass is 543 g/mol. The second kappa shape index (κ2) is 11.0. The highest BCUT2D eigenvalue weighted by Gasteiger charge is 2.37. The number of thiocarbonyl (C=S) groups is 1. The molecular formula is C25H29N5O5S2. The smallest absolute Gasteiger partial charge is 0.308 e. The van der Waals surface area contributed by atoms with Gasteiger partial charge < -0.3 is 15.0 Å². The van der Waals surface area contributed by atoms with E-state index in [0.717, 1.165) is 23.7 Å². The van der Waals surface area contributed by atoms with Gasteiger partial charge in [-0.05, 0) is 44.9 Å². The minimum atomic E-state index is -0.922. The molecule has 2 fully saturated rings. The lowest BCUT2D eigenvalue weighted by Gasteiger charge is -2.36. The van der Waals surface area contributed by atoms with Crippen molar-refractivity contribution in [1.82, 2.24) is 19.6 Å². The summed E-state index contributed by atoms with van der Waals surface area (Å²) in [5, 5.41) is 2.77. The Morgan fingerprint density at radius 3 is 2.78 bits per heavy atom. The molecule has 0 radical (unpaired) electrons. The van der Waals surface area contributed by atoms with E-state index in [1.54, 1.807) is 29.0 Å². The molecule has 37 heavy (non-hydrogen) atoms. The summed E-state index contributed by atoms with van der Waals surface area (Å²) in [6.07, 6.45) is 3.71. The van der Waals surface area contributed by atoms with Crippen LogP contribution in [0, 0.1) is 6.92 Å². The van der Waals surface area contributed by atoms with Crippen LogP contribution in [0.15, 0.2) is 28.0 Å². The molecule has 4 rings (SSSR count). The maximum atomic E-state index is 13.8. The van der Waals surface area contributed by atoms with Gasteiger partial charge in [0.25, 0.3) is 11.5 Å². The van der Waals surface area contributed by atoms with E-state index in [0.29, 0.717) is 28.0 Å². The Labute approximate surface area is 224 Å². The number of pyridine rings is 1. The number of amides is 2. The first-order chi connectivity index (χ1) is 17.7. The molecule has 2 aliphatic heterocycles. The van der Waals surface area contributed by atoms with Crippen molar-refractivity contribution in [3.8, 4) is 0 Å². The molecule has 1 N–H and O–H groups in total. The summed E-state index contributed by atoms with van der Waals surface area (Å²) >= 11 is 6.59. The van der Waals surface area contributed by atoms with Gasteiger partial charge in [0, 0.05) is 25.3 Å². The van der Waals surface area contributed by atoms with Gasteiger partial charge in [0.15, 0.2) is 0 Å². The number of fused-ring (bicyclic) bond motifs is 1. The third-order valence-electron chi connectivity index (χ3n) is 6.38. The Balaban J connectivity index is 1.89. The lowest BCUT2D eigenvalue weighted by atomic mass is 10.1. The summed E-state index contributed by atoms with van der Waals surface area (Å²) < 4.78 is 6.93. The third-order valence-corrected chi connectivity index (χ3v) is 7.71. The van der Waals surface area contributed by atoms with Crippen molar-refractivity contribution in [2.45, 2.75) is 52.6 Å². The number of piperazine rings is 1. The number of aromatic nitrogens is 2. The van der Waals surface area contributed by atoms with Crippen molar-refractivity contribution in [2.75, 3.05) is 24.6 Å². The average molecular weight is 544 g/mol. The van der Waals surface area contributed by atoms with E-state index < -0.39 is 17.6 Å². The predicted octanol–water partition coefficient (Wildman–Crippen LogP) is 2.26. The number of ether oxygens (including phenoxy) is 1. The van der Waals surface area contributed by atoms with Crippen LogP contribution < -0.4 is 15.8 Å². The summed E-state index contributed by atoms with van der Waals surface area (Å²) in [4.78, 5) is 60.5. The second-order valence-electron chi connectivity index (χ2n) is 8.91. The predicted molar refractivity (Wildman–Crippen MR) is 146 cm³/mol. The molecule has 10 nitrogen and oxygen atoms in total. The third kappa shape index (κ3) is 5.26. The molecule has 2 aromatic heterocycles. The number of esters is 1. The Morgan fingerprint density at radius 2 is 2.08 bits per heavy atom. The van der Waals surface area contributed by atoms with Crippen molar-refractivity contribution in [2.24, 2.45) is 0 Å². The molecular weight excluding hydrogens is 514 g/mol. The normalized spacial score (nSPS) is 20.1. The number of hydrogen-bond acceptors (Lipinski definition) is 9. The molecule has 0 unspecified atom stereocenters. The molecule has 2 aromatic rings. The molecule has 0 bridgehead atoms. The molecule has 2 amide bonds. The summed E-state index contributed by atoms with van der Waals surface area (Å²) in [6, 6.07) is 2.55. The summed E-state index contributed by atoms with van der Waals surface area (Å²) in [7, 11) is 0. The van der Waals surface area contributed by atoms with Crippen molar-refractivity contribution in [3.63, 3.8) is 0 Å². The molecule has 2 atom stereocenters. The van der Waals surface area contributed by atoms with Crippen molar-refractivity contribution in [1.29, 1.82) is 0 Å². The number of nitrogens with zero attached hydrogens (tertiary/aromatic N) is 4. The van der Waals surface area contributed by atoms with Gasteiger partial charge in [0.05, 0.1) is 23.5 Å². The Hall–Kier alpha value is -3.25. The maximum Gasteiger partial charge on any atom is 0.308 e. The lowest BCUT2D eigenvalue weighted by Crippen LogP contribution is -2.57. The molecule has 12 heteroatoms. The van der Waals surface area contributed by atoms with Crippen LogP contribution in [0.2, 0.25) is 0 Å².